The Kier molecular flexibility index (Phi) is 5.50. The Morgan fingerprint density at radius 1 is 0.654 bits per heavy atom. The number of nitrogens with zero attached hydrogens (tertiary/aromatic N) is 2. The van der Waals surface area contributed by atoms with Gasteiger partial charge < -0.3 is 0 Å². The van der Waals surface area contributed by atoms with Crippen molar-refractivity contribution in [2.24, 2.45) is 0 Å². The van der Waals surface area contributed by atoms with Gasteiger partial charge in [-0.05, 0) is 34.1 Å². The highest BCUT2D eigenvalue weighted by molar-refractivity contribution is 6.03. The van der Waals surface area contributed by atoms with Gasteiger partial charge in [0.1, 0.15) is 0 Å². The van der Waals surface area contributed by atoms with Gasteiger partial charge in [0.05, 0.1) is 0 Å². The lowest BCUT2D eigenvalue weighted by atomic mass is 9.85. The molecule has 0 bridgehead atoms. The fraction of sp³-hybridized carbons (Fsp3) is 0.435. The van der Waals surface area contributed by atoms with E-state index in [1.54, 1.807) is 9.80 Å². The van der Waals surface area contributed by atoms with E-state index in [9.17, 15) is 4.79 Å². The first-order chi connectivity index (χ1) is 11.9. The summed E-state index contributed by atoms with van der Waals surface area (Å²) in [6.07, 6.45) is 0. The predicted octanol–water partition coefficient (Wildman–Crippen LogP) is 5.97. The summed E-state index contributed by atoms with van der Waals surface area (Å²) < 4.78 is 0. The Morgan fingerprint density at radius 2 is 0.962 bits per heavy atom. The van der Waals surface area contributed by atoms with Crippen LogP contribution in [-0.4, -0.2) is 20.1 Å². The van der Waals surface area contributed by atoms with Crippen molar-refractivity contribution in [3.63, 3.8) is 0 Å². The van der Waals surface area contributed by atoms with E-state index in [2.05, 4.69) is 53.7 Å². The highest BCUT2D eigenvalue weighted by Crippen LogP contribution is 2.34. The number of para-hydroxylation sites is 2. The van der Waals surface area contributed by atoms with Crippen molar-refractivity contribution in [2.45, 2.75) is 52.4 Å². The Labute approximate surface area is 158 Å². The molecule has 26 heavy (non-hydrogen) atoms. The van der Waals surface area contributed by atoms with E-state index < -0.39 is 0 Å². The fourth-order valence-corrected chi connectivity index (χ4v) is 3.23. The van der Waals surface area contributed by atoms with Crippen LogP contribution in [0.2, 0.25) is 0 Å². The van der Waals surface area contributed by atoms with Gasteiger partial charge in [-0.15, -0.1) is 0 Å². The zero-order valence-electron chi connectivity index (χ0n) is 17.4. The van der Waals surface area contributed by atoms with Gasteiger partial charge in [-0.25, -0.2) is 4.79 Å². The van der Waals surface area contributed by atoms with Crippen LogP contribution in [0.15, 0.2) is 48.5 Å². The summed E-state index contributed by atoms with van der Waals surface area (Å²) in [5.41, 5.74) is 4.15. The maximum atomic E-state index is 13.3. The normalized spacial score (nSPS) is 12.0. The lowest BCUT2D eigenvalue weighted by molar-refractivity contribution is 0.253. The molecule has 0 spiro atoms. The first kappa shape index (κ1) is 20.0. The zero-order valence-corrected chi connectivity index (χ0v) is 17.4. The number of rotatable bonds is 2. The molecule has 2 rings (SSSR count). The minimum absolute atomic E-state index is 0.0347. The molecule has 0 saturated carbocycles. The van der Waals surface area contributed by atoms with Gasteiger partial charge in [0.15, 0.2) is 0 Å². The fourth-order valence-electron chi connectivity index (χ4n) is 3.23. The standard InChI is InChI=1S/C23H32N2O/c1-22(2,3)17-13-9-11-15-19(17)24(7)21(26)25(8)20-16-12-10-14-18(20)23(4,5)6/h9-16H,1-8H3. The Hall–Kier alpha value is -2.29. The number of benzene rings is 2. The molecule has 2 amide bonds. The quantitative estimate of drug-likeness (QED) is 0.652. The summed E-state index contributed by atoms with van der Waals surface area (Å²) in [6, 6.07) is 16.2. The SMILES string of the molecule is CN(C(=O)N(C)c1ccccc1C(C)(C)C)c1ccccc1C(C)(C)C. The maximum Gasteiger partial charge on any atom is 0.328 e. The van der Waals surface area contributed by atoms with Crippen molar-refractivity contribution in [3.05, 3.63) is 59.7 Å². The molecule has 0 atom stereocenters. The molecule has 2 aromatic rings. The first-order valence-electron chi connectivity index (χ1n) is 9.15. The molecule has 0 aromatic heterocycles. The molecule has 3 nitrogen and oxygen atoms in total. The molecule has 0 heterocycles. The number of hydrogen-bond acceptors (Lipinski definition) is 1. The second kappa shape index (κ2) is 7.14. The third-order valence-electron chi connectivity index (χ3n) is 4.72. The van der Waals surface area contributed by atoms with Crippen molar-refractivity contribution in [3.8, 4) is 0 Å². The second-order valence-corrected chi connectivity index (χ2v) is 8.93. The molecule has 0 radical (unpaired) electrons. The molecule has 0 aliphatic carbocycles. The summed E-state index contributed by atoms with van der Waals surface area (Å²) in [6.45, 7) is 13.0. The lowest BCUT2D eigenvalue weighted by Crippen LogP contribution is -2.40. The molecule has 0 aliphatic rings. The van der Waals surface area contributed by atoms with E-state index in [4.69, 9.17) is 0 Å². The molecule has 0 fully saturated rings. The van der Waals surface area contributed by atoms with E-state index in [0.29, 0.717) is 0 Å². The van der Waals surface area contributed by atoms with E-state index in [1.807, 2.05) is 50.5 Å². The van der Waals surface area contributed by atoms with Crippen molar-refractivity contribution >= 4 is 17.4 Å². The predicted molar refractivity (Wildman–Crippen MR) is 112 cm³/mol. The minimum Gasteiger partial charge on any atom is -0.297 e. The highest BCUT2D eigenvalue weighted by Gasteiger charge is 2.27. The van der Waals surface area contributed by atoms with Crippen LogP contribution in [0.3, 0.4) is 0 Å². The van der Waals surface area contributed by atoms with Gasteiger partial charge in [0.25, 0.3) is 0 Å². The van der Waals surface area contributed by atoms with Gasteiger partial charge in [-0.2, -0.15) is 0 Å². The van der Waals surface area contributed by atoms with Crippen LogP contribution in [0, 0.1) is 0 Å². The van der Waals surface area contributed by atoms with E-state index >= 15 is 0 Å². The number of hydrogen-bond donors (Lipinski definition) is 0. The van der Waals surface area contributed by atoms with Crippen LogP contribution < -0.4 is 9.80 Å². The van der Waals surface area contributed by atoms with Crippen LogP contribution >= 0.6 is 0 Å². The van der Waals surface area contributed by atoms with Gasteiger partial charge in [0.2, 0.25) is 0 Å². The average Bonchev–Trinajstić information content (AvgIpc) is 2.58. The molecule has 0 aliphatic heterocycles. The molecular weight excluding hydrogens is 320 g/mol. The molecule has 3 heteroatoms. The van der Waals surface area contributed by atoms with Gasteiger partial charge in [0, 0.05) is 25.5 Å². The van der Waals surface area contributed by atoms with E-state index in [1.165, 1.54) is 0 Å². The van der Waals surface area contributed by atoms with Gasteiger partial charge >= 0.3 is 6.03 Å². The molecule has 0 saturated heterocycles. The third kappa shape index (κ3) is 4.09. The van der Waals surface area contributed by atoms with Crippen molar-refractivity contribution in [1.29, 1.82) is 0 Å². The summed E-state index contributed by atoms with van der Waals surface area (Å²) in [5.74, 6) is 0. The molecule has 140 valence electrons. The van der Waals surface area contributed by atoms with Crippen molar-refractivity contribution < 1.29 is 4.79 Å². The largest absolute Gasteiger partial charge is 0.328 e. The molecular formula is C23H32N2O. The first-order valence-corrected chi connectivity index (χ1v) is 9.15. The number of amides is 2. The molecule has 0 N–H and O–H groups in total. The van der Waals surface area contributed by atoms with Crippen molar-refractivity contribution in [1.82, 2.24) is 0 Å². The van der Waals surface area contributed by atoms with Crippen LogP contribution in [0.5, 0.6) is 0 Å². The zero-order chi connectivity index (χ0) is 19.7. The van der Waals surface area contributed by atoms with Gasteiger partial charge in [-0.3, -0.25) is 9.80 Å². The second-order valence-electron chi connectivity index (χ2n) is 8.93. The smallest absolute Gasteiger partial charge is 0.297 e. The molecule has 2 aromatic carbocycles. The van der Waals surface area contributed by atoms with Crippen LogP contribution in [-0.2, 0) is 10.8 Å². The van der Waals surface area contributed by atoms with Crippen LogP contribution in [0.4, 0.5) is 16.2 Å². The summed E-state index contributed by atoms with van der Waals surface area (Å²) in [4.78, 5) is 16.8. The Morgan fingerprint density at radius 3 is 1.27 bits per heavy atom. The molecule has 0 unspecified atom stereocenters. The monoisotopic (exact) mass is 352 g/mol. The summed E-state index contributed by atoms with van der Waals surface area (Å²) in [7, 11) is 3.70. The topological polar surface area (TPSA) is 23.6 Å². The summed E-state index contributed by atoms with van der Waals surface area (Å²) in [5, 5.41) is 0. The van der Waals surface area contributed by atoms with E-state index in [-0.39, 0.29) is 16.9 Å². The maximum absolute atomic E-state index is 13.3. The number of anilines is 2. The lowest BCUT2D eigenvalue weighted by Gasteiger charge is -2.32. The van der Waals surface area contributed by atoms with Crippen LogP contribution in [0.1, 0.15) is 52.7 Å². The van der Waals surface area contributed by atoms with E-state index in [0.717, 1.165) is 22.5 Å². The number of carbonyl (C=O) groups is 1. The minimum atomic E-state index is -0.0431. The highest BCUT2D eigenvalue weighted by atomic mass is 16.2. The summed E-state index contributed by atoms with van der Waals surface area (Å²) >= 11 is 0. The van der Waals surface area contributed by atoms with Crippen LogP contribution in [0.25, 0.3) is 0 Å². The average molecular weight is 353 g/mol. The third-order valence-corrected chi connectivity index (χ3v) is 4.72. The van der Waals surface area contributed by atoms with Gasteiger partial charge in [-0.1, -0.05) is 77.9 Å². The number of carbonyl (C=O) groups excluding carboxylic acids is 1. The Bertz CT molecular complexity index is 716. The van der Waals surface area contributed by atoms with Crippen molar-refractivity contribution in [2.75, 3.05) is 23.9 Å². The number of urea groups is 1. The Balaban J connectivity index is 2.42.